The average molecular weight is 344 g/mol. The van der Waals surface area contributed by atoms with Crippen LogP contribution in [0.5, 0.6) is 11.5 Å². The Morgan fingerprint density at radius 1 is 1.32 bits per heavy atom. The quantitative estimate of drug-likeness (QED) is 0.424. The van der Waals surface area contributed by atoms with Gasteiger partial charge in [-0.1, -0.05) is 13.0 Å². The van der Waals surface area contributed by atoms with Crippen molar-refractivity contribution in [3.8, 4) is 11.5 Å². The highest BCUT2D eigenvalue weighted by atomic mass is 16.6. The molecule has 1 N–H and O–H groups in total. The Kier molecular flexibility index (Phi) is 6.70. The van der Waals surface area contributed by atoms with Crippen molar-refractivity contribution in [1.29, 1.82) is 0 Å². The molecule has 0 unspecified atom stereocenters. The van der Waals surface area contributed by atoms with Crippen LogP contribution in [-0.4, -0.2) is 29.3 Å². The number of nitro benzene ring substituents is 1. The van der Waals surface area contributed by atoms with Gasteiger partial charge < -0.3 is 9.47 Å². The second kappa shape index (κ2) is 9.21. The van der Waals surface area contributed by atoms with Gasteiger partial charge in [-0.25, -0.2) is 4.98 Å². The number of rotatable bonds is 9. The third-order valence-electron chi connectivity index (χ3n) is 3.06. The Balaban J connectivity index is 2.29. The Bertz CT molecular complexity index is 735. The van der Waals surface area contributed by atoms with Gasteiger partial charge in [0.15, 0.2) is 5.75 Å². The maximum Gasteiger partial charge on any atom is 0.315 e. The van der Waals surface area contributed by atoms with Crippen LogP contribution in [0.15, 0.2) is 41.6 Å². The van der Waals surface area contributed by atoms with Gasteiger partial charge in [-0.2, -0.15) is 5.10 Å². The maximum absolute atomic E-state index is 11.4. The number of hydrogen-bond donors (Lipinski definition) is 1. The summed E-state index contributed by atoms with van der Waals surface area (Å²) in [5, 5.41) is 15.4. The molecule has 0 aliphatic rings. The number of anilines is 1. The van der Waals surface area contributed by atoms with Crippen molar-refractivity contribution in [1.82, 2.24) is 4.98 Å². The Hall–Kier alpha value is -3.16. The second-order valence-electron chi connectivity index (χ2n) is 4.99. The van der Waals surface area contributed by atoms with Crippen LogP contribution in [0, 0.1) is 10.1 Å². The predicted octanol–water partition coefficient (Wildman–Crippen LogP) is 3.62. The first-order valence-corrected chi connectivity index (χ1v) is 7.93. The van der Waals surface area contributed by atoms with E-state index in [1.165, 1.54) is 12.3 Å². The van der Waals surface area contributed by atoms with Crippen LogP contribution < -0.4 is 14.9 Å². The summed E-state index contributed by atoms with van der Waals surface area (Å²) < 4.78 is 11.0. The number of pyridine rings is 1. The van der Waals surface area contributed by atoms with Crippen LogP contribution >= 0.6 is 0 Å². The predicted molar refractivity (Wildman–Crippen MR) is 95.5 cm³/mol. The fraction of sp³-hybridized carbons (Fsp3) is 0.294. The SMILES string of the molecule is CCCOc1c(OCC)cc(/C=N/Nc2ccccn2)cc1[N+](=O)[O-]. The summed E-state index contributed by atoms with van der Waals surface area (Å²) in [7, 11) is 0. The molecule has 2 rings (SSSR count). The smallest absolute Gasteiger partial charge is 0.315 e. The molecule has 0 aliphatic heterocycles. The minimum Gasteiger partial charge on any atom is -0.490 e. The first-order valence-electron chi connectivity index (χ1n) is 7.93. The van der Waals surface area contributed by atoms with E-state index in [9.17, 15) is 10.1 Å². The van der Waals surface area contributed by atoms with Crippen LogP contribution in [0.1, 0.15) is 25.8 Å². The van der Waals surface area contributed by atoms with E-state index in [-0.39, 0.29) is 11.4 Å². The molecule has 2 aromatic rings. The van der Waals surface area contributed by atoms with Crippen LogP contribution in [0.4, 0.5) is 11.5 Å². The van der Waals surface area contributed by atoms with Crippen molar-refractivity contribution in [3.05, 3.63) is 52.2 Å². The highest BCUT2D eigenvalue weighted by Crippen LogP contribution is 2.38. The number of nitrogens with one attached hydrogen (secondary N) is 1. The molecule has 25 heavy (non-hydrogen) atoms. The number of nitrogens with zero attached hydrogens (tertiary/aromatic N) is 3. The number of ether oxygens (including phenoxy) is 2. The summed E-state index contributed by atoms with van der Waals surface area (Å²) in [5.41, 5.74) is 3.12. The highest BCUT2D eigenvalue weighted by Gasteiger charge is 2.22. The first-order chi connectivity index (χ1) is 12.2. The number of benzene rings is 1. The van der Waals surface area contributed by atoms with E-state index < -0.39 is 4.92 Å². The number of nitro groups is 1. The Morgan fingerprint density at radius 2 is 2.16 bits per heavy atom. The van der Waals surface area contributed by atoms with E-state index in [2.05, 4.69) is 15.5 Å². The molecule has 0 aliphatic carbocycles. The van der Waals surface area contributed by atoms with Gasteiger partial charge in [-0.05, 0) is 31.5 Å². The lowest BCUT2D eigenvalue weighted by Gasteiger charge is -2.12. The summed E-state index contributed by atoms with van der Waals surface area (Å²) in [6.45, 7) is 4.47. The molecule has 0 atom stereocenters. The summed E-state index contributed by atoms with van der Waals surface area (Å²) in [6.07, 6.45) is 3.84. The topological polar surface area (TPSA) is 98.9 Å². The third kappa shape index (κ3) is 5.17. The Morgan fingerprint density at radius 3 is 2.80 bits per heavy atom. The lowest BCUT2D eigenvalue weighted by Crippen LogP contribution is -2.04. The van der Waals surface area contributed by atoms with Crippen LogP contribution in [0.3, 0.4) is 0 Å². The normalized spacial score (nSPS) is 10.6. The molecule has 0 saturated heterocycles. The molecule has 0 radical (unpaired) electrons. The lowest BCUT2D eigenvalue weighted by atomic mass is 10.2. The zero-order valence-corrected chi connectivity index (χ0v) is 14.1. The molecule has 0 amide bonds. The van der Waals surface area contributed by atoms with Crippen molar-refractivity contribution < 1.29 is 14.4 Å². The molecule has 1 aromatic heterocycles. The Labute approximate surface area is 145 Å². The van der Waals surface area contributed by atoms with E-state index in [0.717, 1.165) is 6.42 Å². The van der Waals surface area contributed by atoms with E-state index >= 15 is 0 Å². The molecule has 8 heteroatoms. The minimum atomic E-state index is -0.489. The molecule has 1 aromatic carbocycles. The largest absolute Gasteiger partial charge is 0.490 e. The van der Waals surface area contributed by atoms with Crippen molar-refractivity contribution in [2.24, 2.45) is 5.10 Å². The van der Waals surface area contributed by atoms with Crippen LogP contribution in [0.2, 0.25) is 0 Å². The zero-order chi connectivity index (χ0) is 18.1. The van der Waals surface area contributed by atoms with Gasteiger partial charge >= 0.3 is 5.69 Å². The van der Waals surface area contributed by atoms with Crippen molar-refractivity contribution in [2.75, 3.05) is 18.6 Å². The van der Waals surface area contributed by atoms with Gasteiger partial charge in [-0.3, -0.25) is 15.5 Å². The molecule has 1 heterocycles. The molecule has 0 fully saturated rings. The summed E-state index contributed by atoms with van der Waals surface area (Å²) in [6, 6.07) is 8.43. The van der Waals surface area contributed by atoms with Gasteiger partial charge in [-0.15, -0.1) is 0 Å². The summed E-state index contributed by atoms with van der Waals surface area (Å²) >= 11 is 0. The molecule has 0 saturated carbocycles. The minimum absolute atomic E-state index is 0.142. The number of aromatic nitrogens is 1. The summed E-state index contributed by atoms with van der Waals surface area (Å²) in [5.74, 6) is 1.04. The second-order valence-corrected chi connectivity index (χ2v) is 4.99. The van der Waals surface area contributed by atoms with Crippen LogP contribution in [-0.2, 0) is 0 Å². The molecule has 0 bridgehead atoms. The van der Waals surface area contributed by atoms with E-state index in [0.29, 0.717) is 30.3 Å². The molecule has 132 valence electrons. The van der Waals surface area contributed by atoms with Gasteiger partial charge in [0.1, 0.15) is 5.82 Å². The summed E-state index contributed by atoms with van der Waals surface area (Å²) in [4.78, 5) is 15.0. The lowest BCUT2D eigenvalue weighted by molar-refractivity contribution is -0.386. The van der Waals surface area contributed by atoms with Crippen LogP contribution in [0.25, 0.3) is 0 Å². The van der Waals surface area contributed by atoms with Crippen molar-refractivity contribution >= 4 is 17.7 Å². The highest BCUT2D eigenvalue weighted by molar-refractivity contribution is 5.83. The van der Waals surface area contributed by atoms with Gasteiger partial charge in [0.2, 0.25) is 5.75 Å². The average Bonchev–Trinajstić information content (AvgIpc) is 2.61. The first kappa shape index (κ1) is 18.2. The zero-order valence-electron chi connectivity index (χ0n) is 14.1. The monoisotopic (exact) mass is 344 g/mol. The fourth-order valence-electron chi connectivity index (χ4n) is 2.03. The molecule has 0 spiro atoms. The standard InChI is InChI=1S/C17H20N4O4/c1-3-9-25-17-14(21(22)23)10-13(11-15(17)24-4-2)12-19-20-16-7-5-6-8-18-16/h5-8,10-12H,3-4,9H2,1-2H3,(H,18,20)/b19-12+. The molecular weight excluding hydrogens is 324 g/mol. The van der Waals surface area contributed by atoms with Crippen molar-refractivity contribution in [2.45, 2.75) is 20.3 Å². The molecule has 8 nitrogen and oxygen atoms in total. The van der Waals surface area contributed by atoms with E-state index in [1.54, 1.807) is 31.3 Å². The van der Waals surface area contributed by atoms with Crippen molar-refractivity contribution in [3.63, 3.8) is 0 Å². The number of hydrogen-bond acceptors (Lipinski definition) is 7. The molecular formula is C17H20N4O4. The van der Waals surface area contributed by atoms with Gasteiger partial charge in [0.05, 0.1) is 24.4 Å². The van der Waals surface area contributed by atoms with E-state index in [4.69, 9.17) is 9.47 Å². The maximum atomic E-state index is 11.4. The fourth-order valence-corrected chi connectivity index (χ4v) is 2.03. The number of hydrazone groups is 1. The van der Waals surface area contributed by atoms with Gasteiger partial charge in [0, 0.05) is 17.8 Å². The van der Waals surface area contributed by atoms with E-state index in [1.807, 2.05) is 13.0 Å². The third-order valence-corrected chi connectivity index (χ3v) is 3.06. The van der Waals surface area contributed by atoms with Gasteiger partial charge in [0.25, 0.3) is 0 Å².